The molecule has 1 N–H and O–H groups in total. The van der Waals surface area contributed by atoms with Gasteiger partial charge < -0.3 is 10.2 Å². The largest absolute Gasteiger partial charge is 0.329 e. The molecule has 2 aromatic rings. The Balaban J connectivity index is 1.85. The van der Waals surface area contributed by atoms with Crippen molar-refractivity contribution in [1.29, 1.82) is 0 Å². The van der Waals surface area contributed by atoms with Crippen LogP contribution in [-0.2, 0) is 4.79 Å². The van der Waals surface area contributed by atoms with Gasteiger partial charge in [0.25, 0.3) is 5.91 Å². The topological polar surface area (TPSA) is 62.3 Å². The third kappa shape index (κ3) is 3.30. The lowest BCUT2D eigenvalue weighted by Gasteiger charge is -2.55. The van der Waals surface area contributed by atoms with Gasteiger partial charge in [-0.05, 0) is 56.4 Å². The maximum atomic E-state index is 13.8. The first kappa shape index (κ1) is 20.6. The second-order valence-electron chi connectivity index (χ2n) is 8.78. The van der Waals surface area contributed by atoms with Crippen molar-refractivity contribution in [3.05, 3.63) is 59.3 Å². The number of aromatic nitrogens is 1. The van der Waals surface area contributed by atoms with E-state index in [0.29, 0.717) is 11.4 Å². The molecule has 5 nitrogen and oxygen atoms in total. The standard InChI is InChI=1S/C25H31N3O2/c1-4-18(3)28-24(30)20-13-7-6-12-19(20)21(25(28)14-8-5-9-15-25)23(29)27-22-17(2)11-10-16-26-22/h6-7,10-13,16,18,21H,4-5,8-9,14-15H2,1-3H3,(H,26,27,29)/t18-,21+/m1/s1. The lowest BCUT2D eigenvalue weighted by atomic mass is 9.64. The molecule has 2 amide bonds. The van der Waals surface area contributed by atoms with Gasteiger partial charge in [0, 0.05) is 17.8 Å². The van der Waals surface area contributed by atoms with Crippen molar-refractivity contribution in [1.82, 2.24) is 9.88 Å². The number of nitrogens with one attached hydrogen (secondary N) is 1. The van der Waals surface area contributed by atoms with Crippen LogP contribution in [0.1, 0.15) is 79.8 Å². The number of pyridine rings is 1. The molecule has 2 atom stereocenters. The van der Waals surface area contributed by atoms with Crippen molar-refractivity contribution in [2.24, 2.45) is 0 Å². The van der Waals surface area contributed by atoms with E-state index in [2.05, 4.69) is 29.0 Å². The van der Waals surface area contributed by atoms with Gasteiger partial charge in [-0.2, -0.15) is 0 Å². The third-order valence-corrected chi connectivity index (χ3v) is 7.00. The highest BCUT2D eigenvalue weighted by Gasteiger charge is 2.55. The average Bonchev–Trinajstić information content (AvgIpc) is 2.76. The number of rotatable bonds is 4. The number of carbonyl (C=O) groups is 2. The summed E-state index contributed by atoms with van der Waals surface area (Å²) in [7, 11) is 0. The van der Waals surface area contributed by atoms with Gasteiger partial charge in [0.15, 0.2) is 0 Å². The van der Waals surface area contributed by atoms with E-state index >= 15 is 0 Å². The molecule has 0 bridgehead atoms. The zero-order valence-electron chi connectivity index (χ0n) is 18.1. The lowest BCUT2D eigenvalue weighted by Crippen LogP contribution is -2.64. The lowest BCUT2D eigenvalue weighted by molar-refractivity contribution is -0.122. The number of carbonyl (C=O) groups excluding carboxylic acids is 2. The van der Waals surface area contributed by atoms with E-state index in [-0.39, 0.29) is 17.9 Å². The molecule has 1 aliphatic heterocycles. The molecule has 1 fully saturated rings. The monoisotopic (exact) mass is 405 g/mol. The van der Waals surface area contributed by atoms with Crippen LogP contribution in [0, 0.1) is 6.92 Å². The fourth-order valence-electron chi connectivity index (χ4n) is 5.41. The van der Waals surface area contributed by atoms with Crippen LogP contribution in [0.25, 0.3) is 0 Å². The summed E-state index contributed by atoms with van der Waals surface area (Å²) in [5, 5.41) is 3.10. The smallest absolute Gasteiger partial charge is 0.254 e. The molecular formula is C25H31N3O2. The predicted molar refractivity (Wildman–Crippen MR) is 119 cm³/mol. The number of amides is 2. The summed E-state index contributed by atoms with van der Waals surface area (Å²) in [5.74, 6) is 0.201. The molecule has 158 valence electrons. The molecule has 0 saturated heterocycles. The maximum Gasteiger partial charge on any atom is 0.254 e. The number of fused-ring (bicyclic) bond motifs is 1. The minimum atomic E-state index is -0.480. The Labute approximate surface area is 178 Å². The van der Waals surface area contributed by atoms with Crippen LogP contribution < -0.4 is 5.32 Å². The molecule has 2 aliphatic rings. The van der Waals surface area contributed by atoms with Crippen LogP contribution in [0.15, 0.2) is 42.6 Å². The summed E-state index contributed by atoms with van der Waals surface area (Å²) in [6.45, 7) is 6.17. The Kier molecular flexibility index (Phi) is 5.63. The number of anilines is 1. The van der Waals surface area contributed by atoms with Gasteiger partial charge in [-0.3, -0.25) is 9.59 Å². The second-order valence-corrected chi connectivity index (χ2v) is 8.78. The quantitative estimate of drug-likeness (QED) is 0.772. The number of hydrogen-bond acceptors (Lipinski definition) is 3. The Morgan fingerprint density at radius 1 is 1.20 bits per heavy atom. The van der Waals surface area contributed by atoms with Gasteiger partial charge in [-0.25, -0.2) is 4.98 Å². The molecule has 1 aromatic heterocycles. The number of benzene rings is 1. The maximum absolute atomic E-state index is 13.8. The molecule has 0 radical (unpaired) electrons. The Morgan fingerprint density at radius 2 is 1.93 bits per heavy atom. The molecule has 1 aromatic carbocycles. The van der Waals surface area contributed by atoms with Gasteiger partial charge in [0.2, 0.25) is 5.91 Å². The van der Waals surface area contributed by atoms with E-state index in [1.165, 1.54) is 0 Å². The Morgan fingerprint density at radius 3 is 2.63 bits per heavy atom. The van der Waals surface area contributed by atoms with Crippen LogP contribution in [0.5, 0.6) is 0 Å². The minimum absolute atomic E-state index is 0.0630. The molecule has 2 heterocycles. The molecule has 1 spiro atoms. The van der Waals surface area contributed by atoms with Crippen molar-refractivity contribution >= 4 is 17.6 Å². The van der Waals surface area contributed by atoms with Gasteiger partial charge >= 0.3 is 0 Å². The van der Waals surface area contributed by atoms with E-state index in [1.54, 1.807) is 6.20 Å². The number of hydrogen-bond donors (Lipinski definition) is 1. The first-order chi connectivity index (χ1) is 14.5. The summed E-state index contributed by atoms with van der Waals surface area (Å²) in [5.41, 5.74) is 1.97. The first-order valence-electron chi connectivity index (χ1n) is 11.1. The van der Waals surface area contributed by atoms with E-state index in [9.17, 15) is 9.59 Å². The fourth-order valence-corrected chi connectivity index (χ4v) is 5.41. The van der Waals surface area contributed by atoms with Crippen molar-refractivity contribution in [2.75, 3.05) is 5.32 Å². The van der Waals surface area contributed by atoms with Gasteiger partial charge in [0.05, 0.1) is 11.5 Å². The van der Waals surface area contributed by atoms with Crippen LogP contribution >= 0.6 is 0 Å². The molecule has 0 unspecified atom stereocenters. The highest BCUT2D eigenvalue weighted by molar-refractivity contribution is 6.05. The average molecular weight is 406 g/mol. The highest BCUT2D eigenvalue weighted by atomic mass is 16.2. The minimum Gasteiger partial charge on any atom is -0.329 e. The van der Waals surface area contributed by atoms with Gasteiger partial charge in [-0.15, -0.1) is 0 Å². The van der Waals surface area contributed by atoms with Crippen molar-refractivity contribution < 1.29 is 9.59 Å². The van der Waals surface area contributed by atoms with Crippen molar-refractivity contribution in [2.45, 2.75) is 76.8 Å². The summed E-state index contributed by atoms with van der Waals surface area (Å²) in [6.07, 6.45) is 7.50. The molecule has 5 heteroatoms. The van der Waals surface area contributed by atoms with Gasteiger partial charge in [0.1, 0.15) is 5.82 Å². The zero-order valence-corrected chi connectivity index (χ0v) is 18.1. The Hall–Kier alpha value is -2.69. The second kappa shape index (κ2) is 8.21. The summed E-state index contributed by atoms with van der Waals surface area (Å²) < 4.78 is 0. The predicted octanol–water partition coefficient (Wildman–Crippen LogP) is 5.07. The van der Waals surface area contributed by atoms with E-state index < -0.39 is 11.5 Å². The molecule has 1 saturated carbocycles. The molecule has 1 aliphatic carbocycles. The van der Waals surface area contributed by atoms with Crippen LogP contribution in [0.2, 0.25) is 0 Å². The van der Waals surface area contributed by atoms with E-state index in [0.717, 1.165) is 49.7 Å². The van der Waals surface area contributed by atoms with E-state index in [1.807, 2.05) is 43.3 Å². The van der Waals surface area contributed by atoms with Gasteiger partial charge in [-0.1, -0.05) is 50.5 Å². The first-order valence-corrected chi connectivity index (χ1v) is 11.1. The SMILES string of the molecule is CC[C@@H](C)N1C(=O)c2ccccc2[C@@H](C(=O)Nc2ncccc2C)C12CCCCC2. The van der Waals surface area contributed by atoms with Crippen LogP contribution in [0.3, 0.4) is 0 Å². The van der Waals surface area contributed by atoms with Crippen LogP contribution in [-0.4, -0.2) is 33.3 Å². The normalized spacial score (nSPS) is 21.2. The molecule has 30 heavy (non-hydrogen) atoms. The van der Waals surface area contributed by atoms with Crippen molar-refractivity contribution in [3.8, 4) is 0 Å². The van der Waals surface area contributed by atoms with E-state index in [4.69, 9.17) is 0 Å². The van der Waals surface area contributed by atoms with Crippen molar-refractivity contribution in [3.63, 3.8) is 0 Å². The fraction of sp³-hybridized carbons (Fsp3) is 0.480. The molecule has 4 rings (SSSR count). The highest BCUT2D eigenvalue weighted by Crippen LogP contribution is 2.50. The summed E-state index contributed by atoms with van der Waals surface area (Å²) >= 11 is 0. The van der Waals surface area contributed by atoms with Crippen LogP contribution in [0.4, 0.5) is 5.82 Å². The Bertz CT molecular complexity index is 949. The molecular weight excluding hydrogens is 374 g/mol. The number of nitrogens with zero attached hydrogens (tertiary/aromatic N) is 2. The number of aryl methyl sites for hydroxylation is 1. The zero-order chi connectivity index (χ0) is 21.3. The third-order valence-electron chi connectivity index (χ3n) is 7.00. The summed E-state index contributed by atoms with van der Waals surface area (Å²) in [4.78, 5) is 33.9. The summed E-state index contributed by atoms with van der Waals surface area (Å²) in [6, 6.07) is 11.6.